The van der Waals surface area contributed by atoms with Gasteiger partial charge in [-0.3, -0.25) is 19.1 Å². The fourth-order valence-corrected chi connectivity index (χ4v) is 4.80. The standard InChI is InChI=1S/C24H29N7O6/c25-19-16-20(29-24(26)28-19)31(12-27-16)23-18(17(33)15(11-32)37-23)36-10-6-2-1-5-9-30-21(34)13-7-3-4-8-14(13)22(30)35/h3-4,7-8,12,15,17-18,23,32-33H,1-2,5-6,9-11H2,(H4,25,26,28,29)/t15-,17?,18+,23-/m1/s1. The van der Waals surface area contributed by atoms with Crippen LogP contribution in [-0.4, -0.2) is 84.5 Å². The Morgan fingerprint density at radius 3 is 2.43 bits per heavy atom. The van der Waals surface area contributed by atoms with Crippen LogP contribution in [0.5, 0.6) is 0 Å². The van der Waals surface area contributed by atoms with Gasteiger partial charge in [0.1, 0.15) is 23.8 Å². The lowest BCUT2D eigenvalue weighted by atomic mass is 10.1. The molecule has 0 radical (unpaired) electrons. The lowest BCUT2D eigenvalue weighted by Gasteiger charge is -2.22. The van der Waals surface area contributed by atoms with E-state index in [1.807, 2.05) is 0 Å². The Bertz CT molecular complexity index is 1280. The summed E-state index contributed by atoms with van der Waals surface area (Å²) in [7, 11) is 0. The molecule has 4 heterocycles. The predicted octanol–water partition coefficient (Wildman–Crippen LogP) is 0.483. The number of nitrogens with zero attached hydrogens (tertiary/aromatic N) is 5. The zero-order chi connectivity index (χ0) is 26.1. The highest BCUT2D eigenvalue weighted by Gasteiger charge is 2.46. The van der Waals surface area contributed by atoms with Crippen molar-refractivity contribution < 1.29 is 29.3 Å². The number of ether oxygens (including phenoxy) is 2. The summed E-state index contributed by atoms with van der Waals surface area (Å²) in [5, 5.41) is 20.3. The number of imide groups is 1. The molecule has 2 aliphatic rings. The van der Waals surface area contributed by atoms with Crippen LogP contribution in [0.1, 0.15) is 52.6 Å². The van der Waals surface area contributed by atoms with E-state index in [1.54, 1.807) is 28.8 Å². The summed E-state index contributed by atoms with van der Waals surface area (Å²) in [4.78, 5) is 38.5. The number of carbonyl (C=O) groups excluding carboxylic acids is 2. The number of nitrogen functional groups attached to an aromatic ring is 2. The van der Waals surface area contributed by atoms with Crippen molar-refractivity contribution in [3.8, 4) is 0 Å². The molecule has 0 bridgehead atoms. The summed E-state index contributed by atoms with van der Waals surface area (Å²) in [5.74, 6) is -0.395. The third kappa shape index (κ3) is 4.62. The minimum atomic E-state index is -1.07. The number of hydrogen-bond acceptors (Lipinski definition) is 11. The minimum Gasteiger partial charge on any atom is -0.394 e. The van der Waals surface area contributed by atoms with Gasteiger partial charge in [-0.15, -0.1) is 0 Å². The molecule has 2 aliphatic heterocycles. The third-order valence-corrected chi connectivity index (χ3v) is 6.70. The van der Waals surface area contributed by atoms with Crippen LogP contribution >= 0.6 is 0 Å². The maximum atomic E-state index is 12.5. The van der Waals surface area contributed by atoms with Crippen LogP contribution in [0.3, 0.4) is 0 Å². The lowest BCUT2D eigenvalue weighted by Crippen LogP contribution is -2.35. The van der Waals surface area contributed by atoms with Gasteiger partial charge in [-0.1, -0.05) is 25.0 Å². The molecular formula is C24H29N7O6. The molecule has 196 valence electrons. The normalized spacial score (nSPS) is 23.4. The SMILES string of the molecule is Nc1nc(N)c2ncn([C@@H]3O[C@H](CO)C(O)[C@@H]3OCCCCCCN3C(=O)c4ccccc4C3=O)c2n1. The van der Waals surface area contributed by atoms with Crippen LogP contribution < -0.4 is 11.5 Å². The molecule has 0 spiro atoms. The first-order chi connectivity index (χ1) is 17.9. The zero-order valence-corrected chi connectivity index (χ0v) is 20.1. The van der Waals surface area contributed by atoms with Gasteiger partial charge in [0.25, 0.3) is 11.8 Å². The topological polar surface area (TPSA) is 192 Å². The number of aromatic nitrogens is 4. The largest absolute Gasteiger partial charge is 0.394 e. The van der Waals surface area contributed by atoms with Gasteiger partial charge in [0.15, 0.2) is 17.7 Å². The highest BCUT2D eigenvalue weighted by molar-refractivity contribution is 6.21. The second-order valence-electron chi connectivity index (χ2n) is 9.09. The highest BCUT2D eigenvalue weighted by Crippen LogP contribution is 2.34. The van der Waals surface area contributed by atoms with Crippen molar-refractivity contribution in [2.24, 2.45) is 0 Å². The van der Waals surface area contributed by atoms with Gasteiger partial charge in [-0.2, -0.15) is 9.97 Å². The summed E-state index contributed by atoms with van der Waals surface area (Å²) in [6.07, 6.45) is 0.919. The van der Waals surface area contributed by atoms with E-state index in [4.69, 9.17) is 20.9 Å². The molecule has 4 atom stereocenters. The Morgan fingerprint density at radius 1 is 1.03 bits per heavy atom. The average molecular weight is 512 g/mol. The molecule has 37 heavy (non-hydrogen) atoms. The summed E-state index contributed by atoms with van der Waals surface area (Å²) in [6, 6.07) is 6.85. The number of rotatable bonds is 10. The van der Waals surface area contributed by atoms with Crippen molar-refractivity contribution in [3.63, 3.8) is 0 Å². The number of imidazole rings is 1. The van der Waals surface area contributed by atoms with Gasteiger partial charge in [-0.25, -0.2) is 4.98 Å². The fraction of sp³-hybridized carbons (Fsp3) is 0.458. The molecule has 0 aliphatic carbocycles. The first kappa shape index (κ1) is 25.0. The number of hydrogen-bond donors (Lipinski definition) is 4. The molecule has 3 aromatic rings. The van der Waals surface area contributed by atoms with E-state index in [1.165, 1.54) is 11.2 Å². The van der Waals surface area contributed by atoms with Crippen LogP contribution in [-0.2, 0) is 9.47 Å². The lowest BCUT2D eigenvalue weighted by molar-refractivity contribution is -0.0711. The minimum absolute atomic E-state index is 0.0253. The Labute approximate surface area is 212 Å². The summed E-state index contributed by atoms with van der Waals surface area (Å²) in [6.45, 7) is 0.310. The third-order valence-electron chi connectivity index (χ3n) is 6.70. The number of carbonyl (C=O) groups is 2. The van der Waals surface area contributed by atoms with Gasteiger partial charge < -0.3 is 31.2 Å². The Kier molecular flexibility index (Phi) is 7.02. The van der Waals surface area contributed by atoms with E-state index in [9.17, 15) is 19.8 Å². The maximum Gasteiger partial charge on any atom is 0.261 e. The van der Waals surface area contributed by atoms with Gasteiger partial charge in [0.05, 0.1) is 24.1 Å². The molecule has 1 saturated heterocycles. The first-order valence-electron chi connectivity index (χ1n) is 12.2. The second-order valence-corrected chi connectivity index (χ2v) is 9.09. The molecule has 2 aromatic heterocycles. The Balaban J connectivity index is 1.13. The smallest absolute Gasteiger partial charge is 0.261 e. The van der Waals surface area contributed by atoms with Crippen LogP contribution in [0.4, 0.5) is 11.8 Å². The van der Waals surface area contributed by atoms with Crippen molar-refractivity contribution in [2.45, 2.75) is 50.2 Å². The summed E-state index contributed by atoms with van der Waals surface area (Å²) < 4.78 is 13.4. The molecule has 0 saturated carbocycles. The van der Waals surface area contributed by atoms with Gasteiger partial charge in [0.2, 0.25) is 5.95 Å². The van der Waals surface area contributed by atoms with Crippen LogP contribution in [0.25, 0.3) is 11.2 Å². The second kappa shape index (κ2) is 10.4. The number of anilines is 2. The highest BCUT2D eigenvalue weighted by atomic mass is 16.6. The van der Waals surface area contributed by atoms with Crippen molar-refractivity contribution in [1.29, 1.82) is 0 Å². The van der Waals surface area contributed by atoms with Gasteiger partial charge >= 0.3 is 0 Å². The molecular weight excluding hydrogens is 482 g/mol. The van der Waals surface area contributed by atoms with Crippen LogP contribution in [0, 0.1) is 0 Å². The molecule has 13 heteroatoms. The van der Waals surface area contributed by atoms with Gasteiger partial charge in [0, 0.05) is 13.2 Å². The number of aliphatic hydroxyl groups excluding tert-OH is 2. The number of nitrogens with two attached hydrogens (primary N) is 2. The first-order valence-corrected chi connectivity index (χ1v) is 12.2. The Morgan fingerprint density at radius 2 is 1.73 bits per heavy atom. The van der Waals surface area contributed by atoms with Crippen molar-refractivity contribution >= 4 is 34.7 Å². The van der Waals surface area contributed by atoms with E-state index >= 15 is 0 Å². The van der Waals surface area contributed by atoms with Crippen molar-refractivity contribution in [1.82, 2.24) is 24.4 Å². The van der Waals surface area contributed by atoms with Crippen molar-refractivity contribution in [3.05, 3.63) is 41.7 Å². The quantitative estimate of drug-likeness (QED) is 0.219. The maximum absolute atomic E-state index is 12.5. The van der Waals surface area contributed by atoms with E-state index in [0.29, 0.717) is 48.3 Å². The van der Waals surface area contributed by atoms with E-state index in [-0.39, 0.29) is 30.2 Å². The average Bonchev–Trinajstić information content (AvgIpc) is 3.52. The molecule has 6 N–H and O–H groups in total. The number of amides is 2. The molecule has 13 nitrogen and oxygen atoms in total. The van der Waals surface area contributed by atoms with Crippen LogP contribution in [0.15, 0.2) is 30.6 Å². The fourth-order valence-electron chi connectivity index (χ4n) is 4.80. The molecule has 5 rings (SSSR count). The van der Waals surface area contributed by atoms with E-state index in [2.05, 4.69) is 15.0 Å². The van der Waals surface area contributed by atoms with E-state index < -0.39 is 24.5 Å². The van der Waals surface area contributed by atoms with Crippen molar-refractivity contribution in [2.75, 3.05) is 31.2 Å². The molecule has 1 aromatic carbocycles. The van der Waals surface area contributed by atoms with E-state index in [0.717, 1.165) is 12.8 Å². The molecule has 1 fully saturated rings. The monoisotopic (exact) mass is 511 g/mol. The number of fused-ring (bicyclic) bond motifs is 2. The number of unbranched alkanes of at least 4 members (excludes halogenated alkanes) is 3. The zero-order valence-electron chi connectivity index (χ0n) is 20.1. The Hall–Kier alpha value is -3.65. The van der Waals surface area contributed by atoms with Crippen LogP contribution in [0.2, 0.25) is 0 Å². The number of aliphatic hydroxyl groups is 2. The van der Waals surface area contributed by atoms with Gasteiger partial charge in [-0.05, 0) is 25.0 Å². The molecule has 2 amide bonds. The predicted molar refractivity (Wildman–Crippen MR) is 131 cm³/mol. The number of benzene rings is 1. The molecule has 1 unspecified atom stereocenters. The summed E-state index contributed by atoms with van der Waals surface area (Å²) >= 11 is 0. The summed E-state index contributed by atoms with van der Waals surface area (Å²) in [5.41, 5.74) is 13.2.